The largest absolute Gasteiger partial charge is 0.379 e. The van der Waals surface area contributed by atoms with Crippen molar-refractivity contribution < 1.29 is 37.9 Å². The van der Waals surface area contributed by atoms with Gasteiger partial charge in [-0.1, -0.05) is 58.0 Å². The third kappa shape index (κ3) is 31.1. The first kappa shape index (κ1) is 33.1. The van der Waals surface area contributed by atoms with Crippen molar-refractivity contribution in [1.29, 1.82) is 0 Å². The molecule has 0 spiro atoms. The van der Waals surface area contributed by atoms with Gasteiger partial charge in [0.15, 0.2) is 0 Å². The first-order chi connectivity index (χ1) is 15.9. The molecular weight excluding hydrogens is 646 g/mol. The highest BCUT2D eigenvalue weighted by atomic mass is 127. The molecule has 0 aromatic heterocycles. The standard InChI is InChI=1S/C22H44I2O8/c23-5-3-1-2-4-7-25-9-11-27-13-15-29-17-19-31-21-22-32-20-18-30-16-14-28-12-10-26-8-6-24/h1-22H2. The molecular formula is C22H44I2O8. The Balaban J connectivity index is 2.98. The molecule has 0 heterocycles. The minimum absolute atomic E-state index is 0.551. The van der Waals surface area contributed by atoms with Crippen molar-refractivity contribution in [3.8, 4) is 0 Å². The van der Waals surface area contributed by atoms with Crippen molar-refractivity contribution in [2.75, 3.05) is 115 Å². The molecule has 0 bridgehead atoms. The summed E-state index contributed by atoms with van der Waals surface area (Å²) in [6, 6.07) is 0. The summed E-state index contributed by atoms with van der Waals surface area (Å²) in [4.78, 5) is 0. The maximum absolute atomic E-state index is 5.54. The van der Waals surface area contributed by atoms with Crippen LogP contribution in [0.25, 0.3) is 0 Å². The highest BCUT2D eigenvalue weighted by molar-refractivity contribution is 14.1. The fourth-order valence-corrected chi connectivity index (χ4v) is 3.20. The average molecular weight is 690 g/mol. The van der Waals surface area contributed by atoms with E-state index in [1.807, 2.05) is 0 Å². The van der Waals surface area contributed by atoms with Gasteiger partial charge in [0, 0.05) is 11.0 Å². The van der Waals surface area contributed by atoms with E-state index in [4.69, 9.17) is 37.9 Å². The molecule has 0 saturated carbocycles. The van der Waals surface area contributed by atoms with Crippen LogP contribution in [0.15, 0.2) is 0 Å². The summed E-state index contributed by atoms with van der Waals surface area (Å²) >= 11 is 4.70. The van der Waals surface area contributed by atoms with Crippen LogP contribution in [0.4, 0.5) is 0 Å². The third-order valence-electron chi connectivity index (χ3n) is 4.00. The SMILES string of the molecule is ICCCCCCOCCOCCOCCOCCOCCOCCOCCOCCI. The first-order valence-corrected chi connectivity index (χ1v) is 14.7. The molecule has 0 rings (SSSR count). The first-order valence-electron chi connectivity index (χ1n) is 11.7. The summed E-state index contributed by atoms with van der Waals surface area (Å²) in [5.74, 6) is 0. The zero-order valence-electron chi connectivity index (χ0n) is 19.6. The number of rotatable bonds is 29. The molecule has 0 N–H and O–H groups in total. The number of ether oxygens (including phenoxy) is 8. The van der Waals surface area contributed by atoms with Gasteiger partial charge in [-0.15, -0.1) is 0 Å². The third-order valence-corrected chi connectivity index (χ3v) is 5.20. The number of unbranched alkanes of at least 4 members (excludes halogenated alkanes) is 3. The Bertz CT molecular complexity index is 300. The Labute approximate surface area is 222 Å². The van der Waals surface area contributed by atoms with Crippen LogP contribution >= 0.6 is 45.2 Å². The van der Waals surface area contributed by atoms with E-state index < -0.39 is 0 Å². The lowest BCUT2D eigenvalue weighted by Crippen LogP contribution is -2.15. The molecule has 0 saturated heterocycles. The molecule has 0 aliphatic heterocycles. The highest BCUT2D eigenvalue weighted by Gasteiger charge is 1.95. The zero-order valence-corrected chi connectivity index (χ0v) is 23.9. The van der Waals surface area contributed by atoms with Crippen molar-refractivity contribution in [1.82, 2.24) is 0 Å². The number of alkyl halides is 2. The lowest BCUT2D eigenvalue weighted by Gasteiger charge is -2.08. The number of hydrogen-bond donors (Lipinski definition) is 0. The van der Waals surface area contributed by atoms with Gasteiger partial charge in [0.25, 0.3) is 0 Å². The molecule has 10 heteroatoms. The van der Waals surface area contributed by atoms with Gasteiger partial charge in [-0.25, -0.2) is 0 Å². The quantitative estimate of drug-likeness (QED) is 0.0672. The summed E-state index contributed by atoms with van der Waals surface area (Å²) in [5, 5.41) is 0. The molecule has 0 aromatic rings. The number of halogens is 2. The fourth-order valence-electron chi connectivity index (χ4n) is 2.35. The van der Waals surface area contributed by atoms with Gasteiger partial charge in [0.05, 0.1) is 99.1 Å². The Hall–Kier alpha value is 1.14. The molecule has 0 aliphatic carbocycles. The monoisotopic (exact) mass is 690 g/mol. The minimum atomic E-state index is 0.551. The Morgan fingerprint density at radius 1 is 0.250 bits per heavy atom. The smallest absolute Gasteiger partial charge is 0.0701 e. The van der Waals surface area contributed by atoms with Gasteiger partial charge in [-0.05, 0) is 17.3 Å². The van der Waals surface area contributed by atoms with Crippen molar-refractivity contribution in [3.05, 3.63) is 0 Å². The molecule has 0 radical (unpaired) electrons. The van der Waals surface area contributed by atoms with Crippen molar-refractivity contribution >= 4 is 45.2 Å². The van der Waals surface area contributed by atoms with E-state index in [0.717, 1.165) is 24.1 Å². The van der Waals surface area contributed by atoms with Crippen LogP contribution in [0, 0.1) is 0 Å². The van der Waals surface area contributed by atoms with E-state index in [0.29, 0.717) is 92.5 Å². The predicted octanol–water partition coefficient (Wildman–Crippen LogP) is 3.55. The second-order valence-electron chi connectivity index (χ2n) is 6.69. The molecule has 8 nitrogen and oxygen atoms in total. The predicted molar refractivity (Wildman–Crippen MR) is 143 cm³/mol. The van der Waals surface area contributed by atoms with E-state index in [1.165, 1.54) is 23.7 Å². The molecule has 32 heavy (non-hydrogen) atoms. The van der Waals surface area contributed by atoms with Gasteiger partial charge >= 0.3 is 0 Å². The molecule has 0 amide bonds. The summed E-state index contributed by atoms with van der Waals surface area (Å²) in [6.45, 7) is 9.76. The van der Waals surface area contributed by atoms with Crippen LogP contribution in [0.3, 0.4) is 0 Å². The molecule has 194 valence electrons. The van der Waals surface area contributed by atoms with Gasteiger partial charge in [0.2, 0.25) is 0 Å². The lowest BCUT2D eigenvalue weighted by atomic mass is 10.2. The normalized spacial score (nSPS) is 11.4. The van der Waals surface area contributed by atoms with E-state index in [9.17, 15) is 0 Å². The van der Waals surface area contributed by atoms with E-state index in [-0.39, 0.29) is 0 Å². The van der Waals surface area contributed by atoms with E-state index >= 15 is 0 Å². The van der Waals surface area contributed by atoms with Crippen LogP contribution in [0.5, 0.6) is 0 Å². The Morgan fingerprint density at radius 3 is 0.844 bits per heavy atom. The van der Waals surface area contributed by atoms with Crippen molar-refractivity contribution in [2.24, 2.45) is 0 Å². The Morgan fingerprint density at radius 2 is 0.531 bits per heavy atom. The summed E-state index contributed by atoms with van der Waals surface area (Å²) in [7, 11) is 0. The van der Waals surface area contributed by atoms with Crippen LogP contribution in [0.2, 0.25) is 0 Å². The van der Waals surface area contributed by atoms with E-state index in [1.54, 1.807) is 0 Å². The maximum Gasteiger partial charge on any atom is 0.0701 e. The lowest BCUT2D eigenvalue weighted by molar-refractivity contribution is -0.0228. The second kappa shape index (κ2) is 32.1. The van der Waals surface area contributed by atoms with Crippen molar-refractivity contribution in [2.45, 2.75) is 25.7 Å². The maximum atomic E-state index is 5.54. The Kier molecular flexibility index (Phi) is 33.3. The second-order valence-corrected chi connectivity index (χ2v) is 8.85. The minimum Gasteiger partial charge on any atom is -0.379 e. The molecule has 0 unspecified atom stereocenters. The highest BCUT2D eigenvalue weighted by Crippen LogP contribution is 2.02. The topological polar surface area (TPSA) is 73.8 Å². The van der Waals surface area contributed by atoms with Gasteiger partial charge in [-0.3, -0.25) is 0 Å². The van der Waals surface area contributed by atoms with Crippen molar-refractivity contribution in [3.63, 3.8) is 0 Å². The molecule has 0 atom stereocenters. The summed E-state index contributed by atoms with van der Waals surface area (Å²) in [6.07, 6.45) is 5.01. The summed E-state index contributed by atoms with van der Waals surface area (Å²) < 4.78 is 45.8. The average Bonchev–Trinajstić information content (AvgIpc) is 2.81. The molecule has 0 aromatic carbocycles. The van der Waals surface area contributed by atoms with Crippen LogP contribution < -0.4 is 0 Å². The van der Waals surface area contributed by atoms with Crippen LogP contribution in [-0.2, 0) is 37.9 Å². The van der Waals surface area contributed by atoms with Crippen LogP contribution in [0.1, 0.15) is 25.7 Å². The fraction of sp³-hybridized carbons (Fsp3) is 1.00. The van der Waals surface area contributed by atoms with Crippen LogP contribution in [-0.4, -0.2) is 115 Å². The van der Waals surface area contributed by atoms with Gasteiger partial charge in [-0.2, -0.15) is 0 Å². The van der Waals surface area contributed by atoms with Gasteiger partial charge < -0.3 is 37.9 Å². The summed E-state index contributed by atoms with van der Waals surface area (Å²) in [5.41, 5.74) is 0. The molecule has 0 fully saturated rings. The van der Waals surface area contributed by atoms with Gasteiger partial charge in [0.1, 0.15) is 0 Å². The zero-order chi connectivity index (χ0) is 23.2. The number of hydrogen-bond acceptors (Lipinski definition) is 8. The van der Waals surface area contributed by atoms with E-state index in [2.05, 4.69) is 45.2 Å². The molecule has 0 aliphatic rings.